The zero-order valence-electron chi connectivity index (χ0n) is 22.8. The van der Waals surface area contributed by atoms with Crippen LogP contribution in [0, 0.1) is 10.1 Å². The fraction of sp³-hybridized carbons (Fsp3) is 0.0323. The van der Waals surface area contributed by atoms with Gasteiger partial charge in [0, 0.05) is 44.5 Å². The second kappa shape index (κ2) is 14.7. The maximum Gasteiger partial charge on any atom is 0.336 e. The zero-order chi connectivity index (χ0) is 31.6. The Hall–Kier alpha value is -5.33. The van der Waals surface area contributed by atoms with Crippen molar-refractivity contribution in [2.24, 2.45) is 5.10 Å². The molecule has 222 valence electrons. The van der Waals surface area contributed by atoms with E-state index in [1.165, 1.54) is 61.9 Å². The molecule has 0 heterocycles. The van der Waals surface area contributed by atoms with Gasteiger partial charge in [0.2, 0.25) is 0 Å². The molecule has 13 heteroatoms. The van der Waals surface area contributed by atoms with Crippen molar-refractivity contribution in [3.05, 3.63) is 133 Å². The van der Waals surface area contributed by atoms with E-state index in [0.29, 0.717) is 32.1 Å². The molecule has 0 aliphatic carbocycles. The number of halogens is 2. The molecule has 0 aliphatic heterocycles. The van der Waals surface area contributed by atoms with Crippen LogP contribution in [0.15, 0.2) is 101 Å². The van der Waals surface area contributed by atoms with Gasteiger partial charge in [0.05, 0.1) is 23.8 Å². The number of ether oxygens (including phenoxy) is 2. The van der Waals surface area contributed by atoms with Gasteiger partial charge in [-0.1, -0.05) is 33.6 Å². The van der Waals surface area contributed by atoms with Crippen LogP contribution >= 0.6 is 27.5 Å². The van der Waals surface area contributed by atoms with Gasteiger partial charge >= 0.3 is 5.97 Å². The van der Waals surface area contributed by atoms with Gasteiger partial charge in [0.15, 0.2) is 0 Å². The van der Waals surface area contributed by atoms with Crippen LogP contribution in [0.5, 0.6) is 11.5 Å². The van der Waals surface area contributed by atoms with Crippen LogP contribution in [0.2, 0.25) is 5.02 Å². The lowest BCUT2D eigenvalue weighted by atomic mass is 10.1. The minimum Gasteiger partial charge on any atom is -0.496 e. The first-order valence-corrected chi connectivity index (χ1v) is 13.8. The second-order valence-electron chi connectivity index (χ2n) is 8.86. The van der Waals surface area contributed by atoms with E-state index in [1.54, 1.807) is 48.5 Å². The molecule has 0 fully saturated rings. The molecule has 0 saturated heterocycles. The van der Waals surface area contributed by atoms with Crippen LogP contribution < -0.4 is 20.2 Å². The Labute approximate surface area is 264 Å². The van der Waals surface area contributed by atoms with Crippen molar-refractivity contribution in [3.63, 3.8) is 0 Å². The molecule has 0 radical (unpaired) electrons. The number of hydrogen-bond acceptors (Lipinski definition) is 8. The molecular weight excluding hydrogens is 656 g/mol. The van der Waals surface area contributed by atoms with Crippen molar-refractivity contribution in [2.75, 3.05) is 12.4 Å². The summed E-state index contributed by atoms with van der Waals surface area (Å²) in [6, 6.07) is 21.4. The number of hydrogen-bond donors (Lipinski definition) is 2. The van der Waals surface area contributed by atoms with E-state index in [1.807, 2.05) is 0 Å². The molecule has 4 rings (SSSR count). The van der Waals surface area contributed by atoms with Crippen molar-refractivity contribution in [1.82, 2.24) is 5.43 Å². The molecule has 0 aliphatic rings. The number of methoxy groups -OCH3 is 1. The van der Waals surface area contributed by atoms with Crippen molar-refractivity contribution >= 4 is 69.0 Å². The number of nitrogens with zero attached hydrogens (tertiary/aromatic N) is 2. The molecular formula is C31H22BrClN4O7. The van der Waals surface area contributed by atoms with Crippen molar-refractivity contribution < 1.29 is 28.8 Å². The van der Waals surface area contributed by atoms with Crippen LogP contribution in [0.25, 0.3) is 6.08 Å². The quantitative estimate of drug-likeness (QED) is 0.0476. The summed E-state index contributed by atoms with van der Waals surface area (Å²) in [5.74, 6) is -1.21. The fourth-order valence-electron chi connectivity index (χ4n) is 3.75. The Morgan fingerprint density at radius 2 is 1.70 bits per heavy atom. The van der Waals surface area contributed by atoms with Gasteiger partial charge in [-0.25, -0.2) is 10.2 Å². The molecule has 0 atom stereocenters. The molecule has 0 saturated carbocycles. The largest absolute Gasteiger partial charge is 0.496 e. The average Bonchev–Trinajstić information content (AvgIpc) is 3.01. The Morgan fingerprint density at radius 3 is 2.43 bits per heavy atom. The van der Waals surface area contributed by atoms with Gasteiger partial charge in [-0.15, -0.1) is 0 Å². The summed E-state index contributed by atoms with van der Waals surface area (Å²) in [7, 11) is 1.44. The number of nitro groups is 1. The number of rotatable bonds is 10. The highest BCUT2D eigenvalue weighted by atomic mass is 79.9. The highest BCUT2D eigenvalue weighted by Gasteiger charge is 2.15. The normalized spacial score (nSPS) is 10.9. The van der Waals surface area contributed by atoms with Crippen LogP contribution in [-0.2, 0) is 4.79 Å². The van der Waals surface area contributed by atoms with Crippen LogP contribution in [0.3, 0.4) is 0 Å². The van der Waals surface area contributed by atoms with E-state index in [4.69, 9.17) is 21.1 Å². The SMILES string of the molecule is COc1ccc(Cl)cc1C(=O)Nc1cccc(C(=O)NN=Cc2cc(Br)ccc2OC(=O)/C=C/c2ccc([N+](=O)[O-])cc2)c1. The van der Waals surface area contributed by atoms with Crippen molar-refractivity contribution in [1.29, 1.82) is 0 Å². The highest BCUT2D eigenvalue weighted by Crippen LogP contribution is 2.25. The topological polar surface area (TPSA) is 149 Å². The number of benzene rings is 4. The first-order valence-electron chi connectivity index (χ1n) is 12.6. The van der Waals surface area contributed by atoms with Gasteiger partial charge in [0.25, 0.3) is 17.5 Å². The van der Waals surface area contributed by atoms with Crippen LogP contribution in [0.1, 0.15) is 31.8 Å². The number of carbonyl (C=O) groups is 3. The Bertz CT molecular complexity index is 1790. The van der Waals surface area contributed by atoms with Crippen molar-refractivity contribution in [2.45, 2.75) is 0 Å². The standard InChI is InChI=1S/C31H22BrClN4O7/c1-43-28-13-9-23(33)17-26(28)31(40)35-24-4-2-3-20(16-24)30(39)36-34-18-21-15-22(32)8-12-27(21)44-29(38)14-7-19-5-10-25(11-6-19)37(41)42/h2-18H,1H3,(H,35,40)(H,36,39)/b14-7+,34-18?. The maximum absolute atomic E-state index is 12.8. The summed E-state index contributed by atoms with van der Waals surface area (Å²) in [5.41, 5.74) is 4.10. The van der Waals surface area contributed by atoms with Crippen LogP contribution in [-0.4, -0.2) is 36.0 Å². The number of hydrazone groups is 1. The Morgan fingerprint density at radius 1 is 0.955 bits per heavy atom. The number of amides is 2. The van der Waals surface area contributed by atoms with Crippen LogP contribution in [0.4, 0.5) is 11.4 Å². The summed E-state index contributed by atoms with van der Waals surface area (Å²) >= 11 is 9.38. The molecule has 0 spiro atoms. The summed E-state index contributed by atoms with van der Waals surface area (Å²) in [4.78, 5) is 48.3. The molecule has 0 bridgehead atoms. The number of non-ortho nitro benzene ring substituents is 1. The lowest BCUT2D eigenvalue weighted by Crippen LogP contribution is -2.18. The van der Waals surface area contributed by atoms with Crippen molar-refractivity contribution in [3.8, 4) is 11.5 Å². The molecule has 0 aromatic heterocycles. The van der Waals surface area contributed by atoms with E-state index in [-0.39, 0.29) is 22.6 Å². The fourth-order valence-corrected chi connectivity index (χ4v) is 4.30. The van der Waals surface area contributed by atoms with E-state index in [9.17, 15) is 24.5 Å². The number of nitro benzene ring substituents is 1. The molecule has 2 N–H and O–H groups in total. The zero-order valence-corrected chi connectivity index (χ0v) is 25.2. The van der Waals surface area contributed by atoms with E-state index in [2.05, 4.69) is 31.8 Å². The summed E-state index contributed by atoms with van der Waals surface area (Å²) in [5, 5.41) is 17.9. The van der Waals surface area contributed by atoms with E-state index < -0.39 is 22.7 Å². The van der Waals surface area contributed by atoms with Gasteiger partial charge in [-0.05, 0) is 78.4 Å². The lowest BCUT2D eigenvalue weighted by Gasteiger charge is -2.10. The summed E-state index contributed by atoms with van der Waals surface area (Å²) in [6.07, 6.45) is 3.95. The number of carbonyl (C=O) groups excluding carboxylic acids is 3. The Balaban J connectivity index is 1.40. The Kier molecular flexibility index (Phi) is 10.6. The molecule has 2 amide bonds. The molecule has 0 unspecified atom stereocenters. The van der Waals surface area contributed by atoms with E-state index in [0.717, 1.165) is 0 Å². The molecule has 4 aromatic rings. The molecule has 11 nitrogen and oxygen atoms in total. The van der Waals surface area contributed by atoms with Gasteiger partial charge in [-0.2, -0.15) is 5.10 Å². The third kappa shape index (κ3) is 8.60. The predicted octanol–water partition coefficient (Wildman–Crippen LogP) is 6.65. The van der Waals surface area contributed by atoms with Gasteiger partial charge in [-0.3, -0.25) is 19.7 Å². The average molecular weight is 678 g/mol. The lowest BCUT2D eigenvalue weighted by molar-refractivity contribution is -0.384. The minimum atomic E-state index is -0.696. The molecule has 4 aromatic carbocycles. The third-order valence-corrected chi connectivity index (χ3v) is 6.59. The highest BCUT2D eigenvalue weighted by molar-refractivity contribution is 9.10. The second-order valence-corrected chi connectivity index (χ2v) is 10.2. The third-order valence-electron chi connectivity index (χ3n) is 5.86. The first-order chi connectivity index (χ1) is 21.1. The van der Waals surface area contributed by atoms with E-state index >= 15 is 0 Å². The predicted molar refractivity (Wildman–Crippen MR) is 169 cm³/mol. The number of nitrogens with one attached hydrogen (secondary N) is 2. The first kappa shape index (κ1) is 31.6. The number of esters is 1. The minimum absolute atomic E-state index is 0.0649. The summed E-state index contributed by atoms with van der Waals surface area (Å²) in [6.45, 7) is 0. The van der Waals surface area contributed by atoms with Gasteiger partial charge < -0.3 is 14.8 Å². The molecule has 44 heavy (non-hydrogen) atoms. The maximum atomic E-state index is 12.8. The van der Waals surface area contributed by atoms with Gasteiger partial charge in [0.1, 0.15) is 11.5 Å². The number of anilines is 1. The monoisotopic (exact) mass is 676 g/mol. The summed E-state index contributed by atoms with van der Waals surface area (Å²) < 4.78 is 11.3. The smallest absolute Gasteiger partial charge is 0.336 e.